The Bertz CT molecular complexity index is 1150. The molecule has 2 aromatic heterocycles. The number of hydrogen-bond donors (Lipinski definition) is 0. The minimum atomic E-state index is -0.208. The molecular formula is C23H23ClN4O2S. The van der Waals surface area contributed by atoms with E-state index >= 15 is 0 Å². The number of nitrogens with zero attached hydrogens (tertiary/aromatic N) is 4. The largest absolute Gasteiger partial charge is 0.378 e. The lowest BCUT2D eigenvalue weighted by atomic mass is 10.0. The second-order valence-corrected chi connectivity index (χ2v) is 9.26. The lowest BCUT2D eigenvalue weighted by Gasteiger charge is -2.26. The minimum Gasteiger partial charge on any atom is -0.378 e. The molecule has 0 N–H and O–H groups in total. The first-order chi connectivity index (χ1) is 15.1. The zero-order chi connectivity index (χ0) is 21.4. The fourth-order valence-electron chi connectivity index (χ4n) is 4.13. The smallest absolute Gasteiger partial charge is 0.223 e. The summed E-state index contributed by atoms with van der Waals surface area (Å²) in [6.45, 7) is 4.64. The number of aromatic nitrogens is 2. The van der Waals surface area contributed by atoms with Crippen LogP contribution in [0.25, 0.3) is 5.00 Å². The molecular weight excluding hydrogens is 432 g/mol. The number of aryl methyl sites for hydroxylation is 2. The predicted molar refractivity (Wildman–Crippen MR) is 123 cm³/mol. The van der Waals surface area contributed by atoms with Gasteiger partial charge in [-0.05, 0) is 25.5 Å². The molecule has 4 heterocycles. The van der Waals surface area contributed by atoms with E-state index in [0.29, 0.717) is 37.7 Å². The molecule has 0 bridgehead atoms. The number of thiophene rings is 1. The average molecular weight is 455 g/mol. The molecule has 0 saturated carbocycles. The second-order valence-electron chi connectivity index (χ2n) is 7.73. The predicted octanol–water partition coefficient (Wildman–Crippen LogP) is 4.21. The SMILES string of the molecule is Cc1ncc2n1-c1sc(CCC(=O)N3CCOCC3)cc1C=NC2c1ccccc1Cl. The van der Waals surface area contributed by atoms with Gasteiger partial charge >= 0.3 is 0 Å². The summed E-state index contributed by atoms with van der Waals surface area (Å²) in [5.41, 5.74) is 3.02. The van der Waals surface area contributed by atoms with Crippen molar-refractivity contribution in [2.45, 2.75) is 25.8 Å². The average Bonchev–Trinajstić information content (AvgIpc) is 3.33. The van der Waals surface area contributed by atoms with Crippen molar-refractivity contribution in [3.05, 3.63) is 69.1 Å². The molecule has 1 saturated heterocycles. The van der Waals surface area contributed by atoms with Gasteiger partial charge in [-0.3, -0.25) is 14.4 Å². The number of imidazole rings is 1. The Morgan fingerprint density at radius 1 is 1.29 bits per heavy atom. The highest BCUT2D eigenvalue weighted by molar-refractivity contribution is 7.15. The third-order valence-corrected chi connectivity index (χ3v) is 7.29. The summed E-state index contributed by atoms with van der Waals surface area (Å²) < 4.78 is 7.52. The Kier molecular flexibility index (Phi) is 5.65. The molecule has 2 aliphatic rings. The molecule has 31 heavy (non-hydrogen) atoms. The zero-order valence-corrected chi connectivity index (χ0v) is 18.8. The van der Waals surface area contributed by atoms with E-state index in [4.69, 9.17) is 21.3 Å². The lowest BCUT2D eigenvalue weighted by Crippen LogP contribution is -2.40. The van der Waals surface area contributed by atoms with Gasteiger partial charge in [0.15, 0.2) is 0 Å². The minimum absolute atomic E-state index is 0.193. The number of carbonyl (C=O) groups excluding carboxylic acids is 1. The van der Waals surface area contributed by atoms with Crippen LogP contribution in [0.1, 0.15) is 40.0 Å². The Labute approximate surface area is 190 Å². The molecule has 1 aromatic carbocycles. The molecule has 1 amide bonds. The number of aliphatic imine (C=N–C) groups is 1. The van der Waals surface area contributed by atoms with Crippen LogP contribution in [-0.2, 0) is 16.0 Å². The highest BCUT2D eigenvalue weighted by atomic mass is 35.5. The maximum absolute atomic E-state index is 12.5. The molecule has 1 unspecified atom stereocenters. The zero-order valence-electron chi connectivity index (χ0n) is 17.3. The van der Waals surface area contributed by atoms with Gasteiger partial charge in [0.25, 0.3) is 0 Å². The van der Waals surface area contributed by atoms with E-state index < -0.39 is 0 Å². The van der Waals surface area contributed by atoms with Gasteiger partial charge in [-0.15, -0.1) is 11.3 Å². The Balaban J connectivity index is 1.43. The number of rotatable bonds is 4. The van der Waals surface area contributed by atoms with Crippen molar-refractivity contribution in [1.29, 1.82) is 0 Å². The summed E-state index contributed by atoms with van der Waals surface area (Å²) in [7, 11) is 0. The van der Waals surface area contributed by atoms with E-state index in [-0.39, 0.29) is 11.9 Å². The Morgan fingerprint density at radius 2 is 2.10 bits per heavy atom. The highest BCUT2D eigenvalue weighted by Gasteiger charge is 2.26. The first kappa shape index (κ1) is 20.4. The maximum atomic E-state index is 12.5. The van der Waals surface area contributed by atoms with Crippen molar-refractivity contribution < 1.29 is 9.53 Å². The quantitative estimate of drug-likeness (QED) is 0.593. The van der Waals surface area contributed by atoms with E-state index in [1.54, 1.807) is 11.3 Å². The molecule has 1 atom stereocenters. The lowest BCUT2D eigenvalue weighted by molar-refractivity contribution is -0.135. The standard InChI is InChI=1S/C23H23ClN4O2S/c1-15-25-14-20-22(18-4-2-3-5-19(18)24)26-13-16-12-17(31-23(16)28(15)20)6-7-21(29)27-8-10-30-11-9-27/h2-5,12-14,22H,6-11H2,1H3. The monoisotopic (exact) mass is 454 g/mol. The van der Waals surface area contributed by atoms with Gasteiger partial charge in [-0.1, -0.05) is 29.8 Å². The summed E-state index contributed by atoms with van der Waals surface area (Å²) >= 11 is 8.19. The van der Waals surface area contributed by atoms with Crippen molar-refractivity contribution in [1.82, 2.24) is 14.5 Å². The van der Waals surface area contributed by atoms with E-state index in [1.165, 1.54) is 4.88 Å². The number of morpholine rings is 1. The second kappa shape index (κ2) is 8.57. The summed E-state index contributed by atoms with van der Waals surface area (Å²) in [6.07, 6.45) is 5.05. The van der Waals surface area contributed by atoms with Gasteiger partial charge < -0.3 is 9.64 Å². The maximum Gasteiger partial charge on any atom is 0.223 e. The third kappa shape index (κ3) is 3.93. The fraction of sp³-hybridized carbons (Fsp3) is 0.348. The molecule has 160 valence electrons. The third-order valence-electron chi connectivity index (χ3n) is 5.75. The van der Waals surface area contributed by atoms with Gasteiger partial charge in [0.2, 0.25) is 5.91 Å². The fourth-order valence-corrected chi connectivity index (χ4v) is 5.56. The summed E-state index contributed by atoms with van der Waals surface area (Å²) in [5, 5.41) is 1.79. The Morgan fingerprint density at radius 3 is 2.90 bits per heavy atom. The number of ether oxygens (including phenoxy) is 1. The van der Waals surface area contributed by atoms with E-state index in [0.717, 1.165) is 34.1 Å². The molecule has 2 aliphatic heterocycles. The van der Waals surface area contributed by atoms with Crippen LogP contribution in [0.4, 0.5) is 0 Å². The van der Waals surface area contributed by atoms with Crippen LogP contribution in [0.3, 0.4) is 0 Å². The van der Waals surface area contributed by atoms with Crippen LogP contribution in [0, 0.1) is 6.92 Å². The first-order valence-corrected chi connectivity index (χ1v) is 11.6. The molecule has 0 radical (unpaired) electrons. The Hall–Kier alpha value is -2.48. The number of benzene rings is 1. The van der Waals surface area contributed by atoms with E-state index in [9.17, 15) is 4.79 Å². The molecule has 0 spiro atoms. The van der Waals surface area contributed by atoms with Crippen LogP contribution >= 0.6 is 22.9 Å². The molecule has 1 fully saturated rings. The van der Waals surface area contributed by atoms with Crippen LogP contribution in [-0.4, -0.2) is 52.9 Å². The van der Waals surface area contributed by atoms with Crippen molar-refractivity contribution >= 4 is 35.1 Å². The van der Waals surface area contributed by atoms with Gasteiger partial charge in [-0.2, -0.15) is 0 Å². The number of halogens is 1. The van der Waals surface area contributed by atoms with Gasteiger partial charge in [0.05, 0.1) is 25.1 Å². The van der Waals surface area contributed by atoms with Crippen molar-refractivity contribution in [3.8, 4) is 5.00 Å². The first-order valence-electron chi connectivity index (χ1n) is 10.4. The summed E-state index contributed by atoms with van der Waals surface area (Å²) in [5.74, 6) is 1.11. The molecule has 5 rings (SSSR count). The van der Waals surface area contributed by atoms with Crippen LogP contribution in [0.15, 0.2) is 41.5 Å². The van der Waals surface area contributed by atoms with Gasteiger partial charge in [-0.25, -0.2) is 4.98 Å². The highest BCUT2D eigenvalue weighted by Crippen LogP contribution is 2.38. The number of fused-ring (bicyclic) bond motifs is 3. The number of hydrogen-bond acceptors (Lipinski definition) is 5. The van der Waals surface area contributed by atoms with Crippen molar-refractivity contribution in [3.63, 3.8) is 0 Å². The van der Waals surface area contributed by atoms with E-state index in [1.807, 2.05) is 48.5 Å². The summed E-state index contributed by atoms with van der Waals surface area (Å²) in [4.78, 5) is 25.1. The van der Waals surface area contributed by atoms with Gasteiger partial charge in [0.1, 0.15) is 16.9 Å². The van der Waals surface area contributed by atoms with Crippen LogP contribution < -0.4 is 0 Å². The molecule has 6 nitrogen and oxygen atoms in total. The van der Waals surface area contributed by atoms with Crippen molar-refractivity contribution in [2.24, 2.45) is 4.99 Å². The molecule has 3 aromatic rings. The van der Waals surface area contributed by atoms with Crippen LogP contribution in [0.2, 0.25) is 5.02 Å². The number of carbonyl (C=O) groups is 1. The molecule has 8 heteroatoms. The normalized spacial score (nSPS) is 17.9. The van der Waals surface area contributed by atoms with E-state index in [2.05, 4.69) is 15.6 Å². The van der Waals surface area contributed by atoms with Gasteiger partial charge in [0, 0.05) is 46.8 Å². The van der Waals surface area contributed by atoms with Crippen molar-refractivity contribution in [2.75, 3.05) is 26.3 Å². The number of amides is 1. The van der Waals surface area contributed by atoms with Crippen LogP contribution in [0.5, 0.6) is 0 Å². The topological polar surface area (TPSA) is 59.7 Å². The molecule has 0 aliphatic carbocycles. The summed E-state index contributed by atoms with van der Waals surface area (Å²) in [6, 6.07) is 9.75.